The van der Waals surface area contributed by atoms with Crippen LogP contribution in [0.4, 0.5) is 0 Å². The maximum absolute atomic E-state index is 10.4. The van der Waals surface area contributed by atoms with Crippen molar-refractivity contribution in [3.63, 3.8) is 0 Å². The molecule has 5 nitrogen and oxygen atoms in total. The first-order valence-electron chi connectivity index (χ1n) is 3.82. The Morgan fingerprint density at radius 3 is 2.83 bits per heavy atom. The summed E-state index contributed by atoms with van der Waals surface area (Å²) in [7, 11) is 0. The van der Waals surface area contributed by atoms with E-state index in [9.17, 15) is 9.59 Å². The summed E-state index contributed by atoms with van der Waals surface area (Å²) >= 11 is 0. The van der Waals surface area contributed by atoms with Crippen LogP contribution in [-0.4, -0.2) is 43.0 Å². The van der Waals surface area contributed by atoms with Gasteiger partial charge in [-0.05, 0) is 6.42 Å². The molecule has 1 heterocycles. The molecule has 1 fully saturated rings. The van der Waals surface area contributed by atoms with Gasteiger partial charge in [0, 0.05) is 12.6 Å². The van der Waals surface area contributed by atoms with E-state index in [-0.39, 0.29) is 12.1 Å². The average Bonchev–Trinajstić information content (AvgIpc) is 2.09. The van der Waals surface area contributed by atoms with Crippen molar-refractivity contribution in [1.82, 2.24) is 4.90 Å². The molecule has 0 spiro atoms. The largest absolute Gasteiger partial charge is 0.461 e. The van der Waals surface area contributed by atoms with Gasteiger partial charge in [0.1, 0.15) is 6.10 Å². The molecule has 0 aromatic carbocycles. The van der Waals surface area contributed by atoms with Gasteiger partial charge in [-0.25, -0.2) is 0 Å². The Hall–Kier alpha value is -1.10. The molecule has 0 aromatic rings. The first-order chi connectivity index (χ1) is 5.77. The van der Waals surface area contributed by atoms with E-state index in [2.05, 4.69) is 0 Å². The van der Waals surface area contributed by atoms with E-state index in [4.69, 9.17) is 10.5 Å². The topological polar surface area (TPSA) is 72.6 Å². The van der Waals surface area contributed by atoms with Crippen LogP contribution in [0.15, 0.2) is 0 Å². The molecule has 1 aliphatic rings. The summed E-state index contributed by atoms with van der Waals surface area (Å²) in [6, 6.07) is -0.147. The maximum Gasteiger partial charge on any atom is 0.293 e. The zero-order valence-corrected chi connectivity index (χ0v) is 6.68. The van der Waals surface area contributed by atoms with Gasteiger partial charge in [0.25, 0.3) is 6.47 Å². The molecule has 2 atom stereocenters. The van der Waals surface area contributed by atoms with E-state index < -0.39 is 0 Å². The number of carbonyl (C=O) groups is 2. The van der Waals surface area contributed by atoms with Gasteiger partial charge in [-0.3, -0.25) is 9.59 Å². The third kappa shape index (κ3) is 1.94. The number of nitrogens with two attached hydrogens (primary N) is 1. The van der Waals surface area contributed by atoms with Crippen LogP contribution in [0.3, 0.4) is 0 Å². The molecule has 5 heteroatoms. The summed E-state index contributed by atoms with van der Waals surface area (Å²) in [5.41, 5.74) is 5.66. The number of amides is 1. The summed E-state index contributed by atoms with van der Waals surface area (Å²) in [5.74, 6) is 0. The van der Waals surface area contributed by atoms with Crippen molar-refractivity contribution in [2.75, 3.05) is 13.1 Å². The van der Waals surface area contributed by atoms with E-state index in [0.29, 0.717) is 26.0 Å². The highest BCUT2D eigenvalue weighted by atomic mass is 16.5. The molecule has 0 radical (unpaired) electrons. The van der Waals surface area contributed by atoms with Gasteiger partial charge in [-0.1, -0.05) is 0 Å². The Morgan fingerprint density at radius 1 is 1.50 bits per heavy atom. The molecular formula is C7H12N2O3. The van der Waals surface area contributed by atoms with Crippen molar-refractivity contribution in [2.24, 2.45) is 5.73 Å². The van der Waals surface area contributed by atoms with Crippen molar-refractivity contribution in [3.8, 4) is 0 Å². The maximum atomic E-state index is 10.4. The summed E-state index contributed by atoms with van der Waals surface area (Å²) in [4.78, 5) is 21.9. The number of rotatable bonds is 3. The summed E-state index contributed by atoms with van der Waals surface area (Å²) in [5, 5.41) is 0. The van der Waals surface area contributed by atoms with Crippen LogP contribution in [0, 0.1) is 0 Å². The first-order valence-corrected chi connectivity index (χ1v) is 3.82. The highest BCUT2D eigenvalue weighted by Gasteiger charge is 2.26. The predicted molar refractivity (Wildman–Crippen MR) is 41.2 cm³/mol. The van der Waals surface area contributed by atoms with Crippen LogP contribution in [0.2, 0.25) is 0 Å². The van der Waals surface area contributed by atoms with Crippen LogP contribution < -0.4 is 5.73 Å². The SMILES string of the molecule is NC1CCN(C=O)CC1OC=O. The first kappa shape index (κ1) is 8.99. The fourth-order valence-corrected chi connectivity index (χ4v) is 1.27. The molecule has 0 bridgehead atoms. The molecule has 0 aromatic heterocycles. The Labute approximate surface area is 70.5 Å². The fourth-order valence-electron chi connectivity index (χ4n) is 1.27. The monoisotopic (exact) mass is 172 g/mol. The molecule has 1 amide bonds. The number of carbonyl (C=O) groups excluding carboxylic acids is 2. The normalized spacial score (nSPS) is 29.6. The molecule has 68 valence electrons. The summed E-state index contributed by atoms with van der Waals surface area (Å²) in [6.45, 7) is 1.42. The van der Waals surface area contributed by atoms with Crippen LogP contribution >= 0.6 is 0 Å². The van der Waals surface area contributed by atoms with E-state index in [1.807, 2.05) is 0 Å². The number of nitrogens with zero attached hydrogens (tertiary/aromatic N) is 1. The minimum Gasteiger partial charge on any atom is -0.461 e. The molecule has 2 N–H and O–H groups in total. The lowest BCUT2D eigenvalue weighted by Crippen LogP contribution is -2.51. The van der Waals surface area contributed by atoms with Crippen molar-refractivity contribution >= 4 is 12.9 Å². The third-order valence-corrected chi connectivity index (χ3v) is 2.02. The minimum absolute atomic E-state index is 0.147. The van der Waals surface area contributed by atoms with Crippen LogP contribution in [0.1, 0.15) is 6.42 Å². The second kappa shape index (κ2) is 4.06. The molecule has 0 aliphatic carbocycles. The molecule has 1 rings (SSSR count). The van der Waals surface area contributed by atoms with E-state index in [1.165, 1.54) is 0 Å². The molecular weight excluding hydrogens is 160 g/mol. The number of piperidine rings is 1. The van der Waals surface area contributed by atoms with Crippen molar-refractivity contribution in [3.05, 3.63) is 0 Å². The van der Waals surface area contributed by atoms with E-state index in [0.717, 1.165) is 6.41 Å². The average molecular weight is 172 g/mol. The lowest BCUT2D eigenvalue weighted by Gasteiger charge is -2.33. The number of hydrogen-bond acceptors (Lipinski definition) is 4. The Balaban J connectivity index is 2.46. The zero-order chi connectivity index (χ0) is 8.97. The highest BCUT2D eigenvalue weighted by Crippen LogP contribution is 2.09. The number of likely N-dealkylation sites (tertiary alicyclic amines) is 1. The Bertz CT molecular complexity index is 174. The predicted octanol–water partition coefficient (Wildman–Crippen LogP) is -1.28. The zero-order valence-electron chi connectivity index (χ0n) is 6.68. The highest BCUT2D eigenvalue weighted by molar-refractivity contribution is 5.47. The second-order valence-corrected chi connectivity index (χ2v) is 2.82. The molecule has 12 heavy (non-hydrogen) atoms. The van der Waals surface area contributed by atoms with Gasteiger partial charge < -0.3 is 15.4 Å². The third-order valence-electron chi connectivity index (χ3n) is 2.02. The molecule has 1 saturated heterocycles. The second-order valence-electron chi connectivity index (χ2n) is 2.82. The van der Waals surface area contributed by atoms with E-state index in [1.54, 1.807) is 4.90 Å². The van der Waals surface area contributed by atoms with Gasteiger partial charge in [-0.2, -0.15) is 0 Å². The minimum atomic E-state index is -0.346. The van der Waals surface area contributed by atoms with Gasteiger partial charge in [0.2, 0.25) is 6.41 Å². The standard InChI is InChI=1S/C7H12N2O3/c8-6-1-2-9(4-10)3-7(6)12-5-11/h4-7H,1-3,8H2. The smallest absolute Gasteiger partial charge is 0.293 e. The lowest BCUT2D eigenvalue weighted by atomic mass is 10.0. The van der Waals surface area contributed by atoms with Crippen molar-refractivity contribution in [2.45, 2.75) is 18.6 Å². The Kier molecular flexibility index (Phi) is 3.04. The van der Waals surface area contributed by atoms with Gasteiger partial charge >= 0.3 is 0 Å². The fraction of sp³-hybridized carbons (Fsp3) is 0.714. The van der Waals surface area contributed by atoms with Crippen LogP contribution in [-0.2, 0) is 14.3 Å². The number of ether oxygens (including phenoxy) is 1. The summed E-state index contributed by atoms with van der Waals surface area (Å²) < 4.78 is 4.72. The van der Waals surface area contributed by atoms with Crippen LogP contribution in [0.5, 0.6) is 0 Å². The molecule has 0 saturated carbocycles. The molecule has 2 unspecified atom stereocenters. The lowest BCUT2D eigenvalue weighted by molar-refractivity contribution is -0.139. The van der Waals surface area contributed by atoms with Gasteiger partial charge in [0.15, 0.2) is 0 Å². The molecule has 1 aliphatic heterocycles. The van der Waals surface area contributed by atoms with Gasteiger partial charge in [-0.15, -0.1) is 0 Å². The Morgan fingerprint density at radius 2 is 2.25 bits per heavy atom. The van der Waals surface area contributed by atoms with E-state index >= 15 is 0 Å². The quantitative estimate of drug-likeness (QED) is 0.538. The van der Waals surface area contributed by atoms with Crippen molar-refractivity contribution < 1.29 is 14.3 Å². The van der Waals surface area contributed by atoms with Crippen molar-refractivity contribution in [1.29, 1.82) is 0 Å². The summed E-state index contributed by atoms with van der Waals surface area (Å²) in [6.07, 6.45) is 1.08. The van der Waals surface area contributed by atoms with Crippen LogP contribution in [0.25, 0.3) is 0 Å². The number of hydrogen-bond donors (Lipinski definition) is 1. The van der Waals surface area contributed by atoms with Gasteiger partial charge in [0.05, 0.1) is 6.54 Å².